The fourth-order valence-electron chi connectivity index (χ4n) is 4.79. The smallest absolute Gasteiger partial charge is 0.197 e. The molecule has 2 N–H and O–H groups in total. The number of benzene rings is 2. The predicted molar refractivity (Wildman–Crippen MR) is 131 cm³/mol. The number of aliphatic hydroxyl groups is 2. The number of carbonyl (C=O) groups excluding carboxylic acids is 1. The third-order valence-corrected chi connectivity index (χ3v) is 7.86. The van der Waals surface area contributed by atoms with Crippen LogP contribution >= 0.6 is 23.2 Å². The van der Waals surface area contributed by atoms with Gasteiger partial charge in [0.15, 0.2) is 5.78 Å². The molecule has 2 aromatic carbocycles. The van der Waals surface area contributed by atoms with Crippen LogP contribution < -0.4 is 9.80 Å². The summed E-state index contributed by atoms with van der Waals surface area (Å²) in [5.41, 5.74) is -3.34. The van der Waals surface area contributed by atoms with Crippen molar-refractivity contribution in [2.75, 3.05) is 49.2 Å². The van der Waals surface area contributed by atoms with Gasteiger partial charge in [0, 0.05) is 63.0 Å². The first-order chi connectivity index (χ1) is 17.0. The number of hydrogen-bond donors (Lipinski definition) is 2. The molecule has 11 heteroatoms. The second-order valence-electron chi connectivity index (χ2n) is 9.44. The molecule has 0 aliphatic carbocycles. The van der Waals surface area contributed by atoms with Crippen LogP contribution in [0, 0.1) is 11.6 Å². The number of alkyl halides is 2. The van der Waals surface area contributed by atoms with Crippen molar-refractivity contribution in [3.8, 4) is 0 Å². The Kier molecular flexibility index (Phi) is 7.76. The SMILES string of the molecule is O=C(c1ccc(F)c(Cl)c1N1CCC(F)(CO)CC1)c1ccc(F)c(Cl)c1N1CCC(F)(CO)CC1. The van der Waals surface area contributed by atoms with Crippen molar-refractivity contribution in [3.05, 3.63) is 57.1 Å². The molecule has 0 aromatic heterocycles. The molecule has 0 bridgehead atoms. The molecule has 2 aliphatic rings. The summed E-state index contributed by atoms with van der Waals surface area (Å²) in [4.78, 5) is 17.0. The second kappa shape index (κ2) is 10.4. The van der Waals surface area contributed by atoms with E-state index in [1.54, 1.807) is 9.80 Å². The average molecular weight is 549 g/mol. The fraction of sp³-hybridized carbons (Fsp3) is 0.480. The lowest BCUT2D eigenvalue weighted by atomic mass is 9.91. The van der Waals surface area contributed by atoms with E-state index < -0.39 is 42.0 Å². The largest absolute Gasteiger partial charge is 0.393 e. The summed E-state index contributed by atoms with van der Waals surface area (Å²) in [5, 5.41) is 18.0. The van der Waals surface area contributed by atoms with Crippen LogP contribution in [-0.4, -0.2) is 66.7 Å². The highest BCUT2D eigenvalue weighted by atomic mass is 35.5. The maximum Gasteiger partial charge on any atom is 0.197 e. The Bertz CT molecular complexity index is 1060. The van der Waals surface area contributed by atoms with Gasteiger partial charge in [-0.1, -0.05) is 23.2 Å². The topological polar surface area (TPSA) is 64.0 Å². The zero-order valence-electron chi connectivity index (χ0n) is 19.3. The van der Waals surface area contributed by atoms with Crippen molar-refractivity contribution >= 4 is 40.4 Å². The summed E-state index contributed by atoms with van der Waals surface area (Å²) in [6.45, 7) is -0.944. The van der Waals surface area contributed by atoms with Crippen molar-refractivity contribution < 1.29 is 32.6 Å². The average Bonchev–Trinajstić information content (AvgIpc) is 2.88. The van der Waals surface area contributed by atoms with Gasteiger partial charge in [-0.25, -0.2) is 17.6 Å². The van der Waals surface area contributed by atoms with E-state index in [0.29, 0.717) is 0 Å². The molecule has 0 saturated carbocycles. The molecule has 0 unspecified atom stereocenters. The molecule has 2 heterocycles. The number of piperidine rings is 2. The number of rotatable bonds is 6. The van der Waals surface area contributed by atoms with Crippen LogP contribution in [0.3, 0.4) is 0 Å². The van der Waals surface area contributed by atoms with Gasteiger partial charge in [-0.15, -0.1) is 0 Å². The number of anilines is 2. The number of ketones is 1. The molecule has 0 radical (unpaired) electrons. The van der Waals surface area contributed by atoms with E-state index in [-0.39, 0.29) is 84.4 Å². The van der Waals surface area contributed by atoms with E-state index in [4.69, 9.17) is 23.2 Å². The predicted octanol–water partition coefficient (Wildman–Crippen LogP) is 5.10. The van der Waals surface area contributed by atoms with Gasteiger partial charge in [0.25, 0.3) is 0 Å². The van der Waals surface area contributed by atoms with E-state index in [2.05, 4.69) is 0 Å². The van der Waals surface area contributed by atoms with E-state index in [0.717, 1.165) is 12.1 Å². The Morgan fingerprint density at radius 3 is 1.39 bits per heavy atom. The fourth-order valence-corrected chi connectivity index (χ4v) is 5.36. The second-order valence-corrected chi connectivity index (χ2v) is 10.2. The van der Waals surface area contributed by atoms with Crippen LogP contribution in [0.5, 0.6) is 0 Å². The van der Waals surface area contributed by atoms with Gasteiger partial charge in [-0.05, 0) is 24.3 Å². The lowest BCUT2D eigenvalue weighted by molar-refractivity contribution is 0.0481. The summed E-state index contributed by atoms with van der Waals surface area (Å²) in [5.74, 6) is -2.14. The number of nitrogens with zero attached hydrogens (tertiary/aromatic N) is 2. The highest BCUT2D eigenvalue weighted by Gasteiger charge is 2.38. The lowest BCUT2D eigenvalue weighted by Crippen LogP contribution is -2.45. The zero-order valence-corrected chi connectivity index (χ0v) is 20.9. The summed E-state index contributed by atoms with van der Waals surface area (Å²) >= 11 is 12.6. The van der Waals surface area contributed by atoms with Crippen molar-refractivity contribution in [1.29, 1.82) is 0 Å². The standard InChI is InChI=1S/C25H26Cl2F4N2O3/c26-19-17(28)3-1-15(21(19)32-9-5-24(30,13-34)6-10-32)23(36)16-2-4-18(29)20(27)22(16)33-11-7-25(31,14-35)8-12-33/h1-4,34-35H,5-14H2. The molecule has 2 aromatic rings. The van der Waals surface area contributed by atoms with Crippen LogP contribution in [0.4, 0.5) is 28.9 Å². The van der Waals surface area contributed by atoms with Crippen molar-refractivity contribution in [2.24, 2.45) is 0 Å². The van der Waals surface area contributed by atoms with Gasteiger partial charge in [0.1, 0.15) is 33.0 Å². The molecular formula is C25H26Cl2F4N2O3. The highest BCUT2D eigenvalue weighted by molar-refractivity contribution is 6.36. The molecule has 0 spiro atoms. The Morgan fingerprint density at radius 1 is 0.750 bits per heavy atom. The quantitative estimate of drug-likeness (QED) is 0.388. The molecule has 36 heavy (non-hydrogen) atoms. The maximum atomic E-state index is 14.6. The first-order valence-corrected chi connectivity index (χ1v) is 12.4. The summed E-state index contributed by atoms with van der Waals surface area (Å²) in [7, 11) is 0. The van der Waals surface area contributed by atoms with Gasteiger partial charge < -0.3 is 20.0 Å². The number of halogens is 6. The summed E-state index contributed by atoms with van der Waals surface area (Å²) in [6, 6.07) is 4.61. The molecule has 2 saturated heterocycles. The van der Waals surface area contributed by atoms with Crippen molar-refractivity contribution in [3.63, 3.8) is 0 Å². The minimum atomic E-state index is -1.77. The first-order valence-electron chi connectivity index (χ1n) is 11.6. The van der Waals surface area contributed by atoms with E-state index in [9.17, 15) is 32.6 Å². The van der Waals surface area contributed by atoms with Crippen molar-refractivity contribution in [2.45, 2.75) is 37.0 Å². The van der Waals surface area contributed by atoms with E-state index in [1.807, 2.05) is 0 Å². The normalized spacial score (nSPS) is 19.4. The summed E-state index contributed by atoms with van der Waals surface area (Å²) in [6.07, 6.45) is -0.162. The maximum absolute atomic E-state index is 14.6. The molecule has 2 aliphatic heterocycles. The molecule has 0 amide bonds. The molecule has 196 valence electrons. The molecule has 4 rings (SSSR count). The van der Waals surface area contributed by atoms with E-state index in [1.165, 1.54) is 12.1 Å². The molecule has 2 fully saturated rings. The van der Waals surface area contributed by atoms with Crippen LogP contribution in [0.15, 0.2) is 24.3 Å². The number of hydrogen-bond acceptors (Lipinski definition) is 5. The Morgan fingerprint density at radius 2 is 1.08 bits per heavy atom. The van der Waals surface area contributed by atoms with Gasteiger partial charge in [0.2, 0.25) is 0 Å². The zero-order chi connectivity index (χ0) is 26.3. The highest BCUT2D eigenvalue weighted by Crippen LogP contribution is 2.41. The minimum absolute atomic E-state index is 0.0212. The number of aliphatic hydroxyl groups excluding tert-OH is 2. The molecule has 0 atom stereocenters. The van der Waals surface area contributed by atoms with Crippen LogP contribution in [0.25, 0.3) is 0 Å². The Labute approximate surface area is 216 Å². The first kappa shape index (κ1) is 27.0. The monoisotopic (exact) mass is 548 g/mol. The van der Waals surface area contributed by atoms with Crippen LogP contribution in [0.1, 0.15) is 41.6 Å². The summed E-state index contributed by atoms with van der Waals surface area (Å²) < 4.78 is 58.1. The third kappa shape index (κ3) is 5.03. The lowest BCUT2D eigenvalue weighted by Gasteiger charge is -2.38. The number of carbonyl (C=O) groups is 1. The molecule has 5 nitrogen and oxygen atoms in total. The minimum Gasteiger partial charge on any atom is -0.393 e. The van der Waals surface area contributed by atoms with Crippen LogP contribution in [0.2, 0.25) is 10.0 Å². The van der Waals surface area contributed by atoms with Gasteiger partial charge in [0.05, 0.1) is 24.6 Å². The van der Waals surface area contributed by atoms with Crippen LogP contribution in [-0.2, 0) is 0 Å². The Hall–Kier alpha value is -2.07. The Balaban J connectivity index is 1.74. The van der Waals surface area contributed by atoms with Gasteiger partial charge in [-0.3, -0.25) is 4.79 Å². The van der Waals surface area contributed by atoms with E-state index >= 15 is 0 Å². The van der Waals surface area contributed by atoms with Crippen molar-refractivity contribution in [1.82, 2.24) is 0 Å². The third-order valence-electron chi connectivity index (χ3n) is 7.15. The molecular weight excluding hydrogens is 523 g/mol. The van der Waals surface area contributed by atoms with Gasteiger partial charge >= 0.3 is 0 Å². The van der Waals surface area contributed by atoms with Gasteiger partial charge in [-0.2, -0.15) is 0 Å².